The van der Waals surface area contributed by atoms with Gasteiger partial charge in [0.2, 0.25) is 0 Å². The highest BCUT2D eigenvalue weighted by molar-refractivity contribution is 5.95. The number of ether oxygens (including phenoxy) is 1. The largest absolute Gasteiger partial charge is 0.363 e. The van der Waals surface area contributed by atoms with Crippen molar-refractivity contribution >= 4 is 17.5 Å². The molecule has 0 radical (unpaired) electrons. The second-order valence-electron chi connectivity index (χ2n) is 7.13. The Kier molecular flexibility index (Phi) is 5.46. The van der Waals surface area contributed by atoms with Gasteiger partial charge in [0.25, 0.3) is 11.8 Å². The van der Waals surface area contributed by atoms with E-state index in [4.69, 9.17) is 4.74 Å². The van der Waals surface area contributed by atoms with Crippen molar-refractivity contribution in [2.45, 2.75) is 44.1 Å². The molecule has 1 spiro atoms. The summed E-state index contributed by atoms with van der Waals surface area (Å²) in [4.78, 5) is 27.1. The van der Waals surface area contributed by atoms with Gasteiger partial charge in [0, 0.05) is 25.2 Å². The molecule has 2 saturated heterocycles. The molecular weight excluding hydrogens is 361 g/mol. The summed E-state index contributed by atoms with van der Waals surface area (Å²) in [6.45, 7) is 1.80. The van der Waals surface area contributed by atoms with Gasteiger partial charge in [-0.25, -0.2) is 4.39 Å². The first-order valence-electron chi connectivity index (χ1n) is 9.13. The first kappa shape index (κ1) is 19.7. The van der Waals surface area contributed by atoms with Gasteiger partial charge in [0.05, 0.1) is 12.1 Å². The molecule has 8 heteroatoms. The SMILES string of the molecule is CCC(F)(F)C(=O)N1CCCC2(CC1)CN(c1ccc(F)cc1)C(=O)CO2. The molecule has 1 aromatic carbocycles. The summed E-state index contributed by atoms with van der Waals surface area (Å²) in [7, 11) is 0. The third kappa shape index (κ3) is 4.10. The number of halogens is 3. The molecule has 3 rings (SSSR count). The van der Waals surface area contributed by atoms with Crippen LogP contribution in [-0.4, -0.2) is 54.5 Å². The number of anilines is 1. The third-order valence-electron chi connectivity index (χ3n) is 5.33. The Labute approximate surface area is 156 Å². The lowest BCUT2D eigenvalue weighted by atomic mass is 9.92. The van der Waals surface area contributed by atoms with Gasteiger partial charge in [-0.15, -0.1) is 0 Å². The highest BCUT2D eigenvalue weighted by atomic mass is 19.3. The molecule has 27 heavy (non-hydrogen) atoms. The molecule has 2 aliphatic rings. The van der Waals surface area contributed by atoms with Crippen LogP contribution >= 0.6 is 0 Å². The van der Waals surface area contributed by atoms with Crippen LogP contribution < -0.4 is 4.90 Å². The van der Waals surface area contributed by atoms with E-state index in [1.165, 1.54) is 36.1 Å². The molecule has 1 unspecified atom stereocenters. The standard InChI is InChI=1S/C19H23F3N2O3/c1-2-19(21,22)17(26)23-10-3-8-18(9-11-23)13-24(16(25)12-27-18)15-6-4-14(20)5-7-15/h4-7H,2-3,8-13H2,1H3. The third-order valence-corrected chi connectivity index (χ3v) is 5.33. The minimum atomic E-state index is -3.36. The van der Waals surface area contributed by atoms with Crippen molar-refractivity contribution in [1.82, 2.24) is 4.90 Å². The molecule has 2 amide bonds. The summed E-state index contributed by atoms with van der Waals surface area (Å²) in [6.07, 6.45) is 0.900. The van der Waals surface area contributed by atoms with E-state index >= 15 is 0 Å². The van der Waals surface area contributed by atoms with Gasteiger partial charge in [-0.2, -0.15) is 8.78 Å². The first-order chi connectivity index (χ1) is 12.8. The Morgan fingerprint density at radius 2 is 1.93 bits per heavy atom. The molecule has 1 atom stereocenters. The quantitative estimate of drug-likeness (QED) is 0.805. The fraction of sp³-hybridized carbons (Fsp3) is 0.579. The zero-order chi connectivity index (χ0) is 19.7. The van der Waals surface area contributed by atoms with Crippen molar-refractivity contribution in [3.63, 3.8) is 0 Å². The smallest absolute Gasteiger partial charge is 0.324 e. The Bertz CT molecular complexity index is 711. The number of alkyl halides is 2. The molecule has 0 aliphatic carbocycles. The van der Waals surface area contributed by atoms with Gasteiger partial charge in [0.15, 0.2) is 0 Å². The average molecular weight is 384 g/mol. The van der Waals surface area contributed by atoms with E-state index in [1.54, 1.807) is 4.90 Å². The van der Waals surface area contributed by atoms with Crippen LogP contribution in [0.25, 0.3) is 0 Å². The number of rotatable bonds is 3. The summed E-state index contributed by atoms with van der Waals surface area (Å²) in [5, 5.41) is 0. The van der Waals surface area contributed by atoms with E-state index in [-0.39, 0.29) is 32.1 Å². The van der Waals surface area contributed by atoms with Gasteiger partial charge in [-0.1, -0.05) is 6.92 Å². The second-order valence-corrected chi connectivity index (χ2v) is 7.13. The molecule has 0 bridgehead atoms. The Morgan fingerprint density at radius 3 is 2.59 bits per heavy atom. The maximum absolute atomic E-state index is 13.8. The molecule has 0 aromatic heterocycles. The van der Waals surface area contributed by atoms with Crippen LogP contribution in [0.15, 0.2) is 24.3 Å². The summed E-state index contributed by atoms with van der Waals surface area (Å²) in [5.74, 6) is -5.14. The van der Waals surface area contributed by atoms with Crippen LogP contribution in [0.5, 0.6) is 0 Å². The zero-order valence-corrected chi connectivity index (χ0v) is 15.2. The number of morpholine rings is 1. The van der Waals surface area contributed by atoms with Crippen molar-refractivity contribution < 1.29 is 27.5 Å². The van der Waals surface area contributed by atoms with Crippen LogP contribution in [0.4, 0.5) is 18.9 Å². The minimum absolute atomic E-state index is 0.129. The minimum Gasteiger partial charge on any atom is -0.363 e. The molecule has 0 saturated carbocycles. The van der Waals surface area contributed by atoms with E-state index in [0.717, 1.165) is 0 Å². The van der Waals surface area contributed by atoms with Gasteiger partial charge in [-0.05, 0) is 43.5 Å². The predicted molar refractivity (Wildman–Crippen MR) is 93.1 cm³/mol. The summed E-state index contributed by atoms with van der Waals surface area (Å²) in [5.41, 5.74) is -0.127. The van der Waals surface area contributed by atoms with E-state index in [1.807, 2.05) is 0 Å². The van der Waals surface area contributed by atoms with Crippen molar-refractivity contribution in [2.24, 2.45) is 0 Å². The van der Waals surface area contributed by atoms with Crippen molar-refractivity contribution in [1.29, 1.82) is 0 Å². The highest BCUT2D eigenvalue weighted by Crippen LogP contribution is 2.34. The number of likely N-dealkylation sites (tertiary alicyclic amines) is 1. The normalized spacial score (nSPS) is 24.2. The number of carbonyl (C=O) groups is 2. The molecular formula is C19H23F3N2O3. The van der Waals surface area contributed by atoms with Crippen molar-refractivity contribution in [2.75, 3.05) is 31.1 Å². The number of amides is 2. The maximum Gasteiger partial charge on any atom is 0.324 e. The van der Waals surface area contributed by atoms with Gasteiger partial charge in [0.1, 0.15) is 12.4 Å². The fourth-order valence-corrected chi connectivity index (χ4v) is 3.63. The summed E-state index contributed by atoms with van der Waals surface area (Å²) in [6, 6.07) is 5.62. The number of hydrogen-bond acceptors (Lipinski definition) is 3. The average Bonchev–Trinajstić information content (AvgIpc) is 2.87. The van der Waals surface area contributed by atoms with E-state index < -0.39 is 29.7 Å². The lowest BCUT2D eigenvalue weighted by Crippen LogP contribution is -2.55. The highest BCUT2D eigenvalue weighted by Gasteiger charge is 2.45. The molecule has 0 N–H and O–H groups in total. The van der Waals surface area contributed by atoms with Gasteiger partial charge in [-0.3, -0.25) is 9.59 Å². The van der Waals surface area contributed by atoms with Crippen LogP contribution in [0.2, 0.25) is 0 Å². The summed E-state index contributed by atoms with van der Waals surface area (Å²) < 4.78 is 46.5. The topological polar surface area (TPSA) is 49.9 Å². The molecule has 148 valence electrons. The number of nitrogens with zero attached hydrogens (tertiary/aromatic N) is 2. The van der Waals surface area contributed by atoms with Crippen LogP contribution in [-0.2, 0) is 14.3 Å². The number of carbonyl (C=O) groups excluding carboxylic acids is 2. The number of hydrogen-bond donors (Lipinski definition) is 0. The Morgan fingerprint density at radius 1 is 1.22 bits per heavy atom. The predicted octanol–water partition coefficient (Wildman–Crippen LogP) is 2.99. The molecule has 2 heterocycles. The first-order valence-corrected chi connectivity index (χ1v) is 9.13. The van der Waals surface area contributed by atoms with Crippen LogP contribution in [0.3, 0.4) is 0 Å². The van der Waals surface area contributed by atoms with Crippen LogP contribution in [0.1, 0.15) is 32.6 Å². The lowest BCUT2D eigenvalue weighted by Gasteiger charge is -2.42. The van der Waals surface area contributed by atoms with E-state index in [9.17, 15) is 22.8 Å². The van der Waals surface area contributed by atoms with Crippen molar-refractivity contribution in [3.8, 4) is 0 Å². The fourth-order valence-electron chi connectivity index (χ4n) is 3.63. The van der Waals surface area contributed by atoms with E-state index in [2.05, 4.69) is 0 Å². The molecule has 2 fully saturated rings. The lowest BCUT2D eigenvalue weighted by molar-refractivity contribution is -0.158. The van der Waals surface area contributed by atoms with Crippen LogP contribution in [0, 0.1) is 5.82 Å². The monoisotopic (exact) mass is 384 g/mol. The van der Waals surface area contributed by atoms with Gasteiger partial charge < -0.3 is 14.5 Å². The maximum atomic E-state index is 13.8. The van der Waals surface area contributed by atoms with Gasteiger partial charge >= 0.3 is 5.92 Å². The second kappa shape index (κ2) is 7.50. The molecule has 5 nitrogen and oxygen atoms in total. The number of benzene rings is 1. The van der Waals surface area contributed by atoms with Crippen molar-refractivity contribution in [3.05, 3.63) is 30.1 Å². The van der Waals surface area contributed by atoms with E-state index in [0.29, 0.717) is 24.9 Å². The molecule has 2 aliphatic heterocycles. The summed E-state index contributed by atoms with van der Waals surface area (Å²) >= 11 is 0. The molecule has 1 aromatic rings. The Hall–Kier alpha value is -2.09. The zero-order valence-electron chi connectivity index (χ0n) is 15.2. The Balaban J connectivity index is 1.73.